The van der Waals surface area contributed by atoms with Crippen molar-refractivity contribution in [2.45, 2.75) is 58.3 Å². The normalized spacial score (nSPS) is 12.9. The number of anilines is 1. The molecule has 0 radical (unpaired) electrons. The predicted molar refractivity (Wildman–Crippen MR) is 132 cm³/mol. The number of methoxy groups -OCH3 is 1. The zero-order valence-corrected chi connectivity index (χ0v) is 21.8. The van der Waals surface area contributed by atoms with Gasteiger partial charge >= 0.3 is 18.0 Å². The summed E-state index contributed by atoms with van der Waals surface area (Å²) in [6, 6.07) is 3.37. The molecule has 0 unspecified atom stereocenters. The molecule has 3 N–H and O–H groups in total. The number of urea groups is 1. The van der Waals surface area contributed by atoms with Gasteiger partial charge < -0.3 is 24.8 Å². The number of amides is 3. The van der Waals surface area contributed by atoms with Gasteiger partial charge in [-0.1, -0.05) is 0 Å². The SMILES string of the molecule is COC(=O)c1c(OCc2cc(C(=O)NC3CC3)ccc2F)nsc1NC(=O)NCCC(=O)OC(C)(C)C. The molecule has 11 nitrogen and oxygen atoms in total. The van der Waals surface area contributed by atoms with Gasteiger partial charge in [-0.25, -0.2) is 14.0 Å². The molecule has 200 valence electrons. The summed E-state index contributed by atoms with van der Waals surface area (Å²) in [6.45, 7) is 4.88. The van der Waals surface area contributed by atoms with E-state index in [9.17, 15) is 23.6 Å². The van der Waals surface area contributed by atoms with Gasteiger partial charge in [0.2, 0.25) is 5.88 Å². The average Bonchev–Trinajstić information content (AvgIpc) is 3.54. The van der Waals surface area contributed by atoms with Gasteiger partial charge in [-0.15, -0.1) is 0 Å². The summed E-state index contributed by atoms with van der Waals surface area (Å²) in [5.74, 6) is -2.38. The van der Waals surface area contributed by atoms with Crippen LogP contribution >= 0.6 is 11.5 Å². The minimum Gasteiger partial charge on any atom is -0.471 e. The maximum atomic E-state index is 14.4. The molecule has 37 heavy (non-hydrogen) atoms. The van der Waals surface area contributed by atoms with Crippen molar-refractivity contribution in [1.29, 1.82) is 0 Å². The summed E-state index contributed by atoms with van der Waals surface area (Å²) < 4.78 is 33.9. The zero-order chi connectivity index (χ0) is 27.2. The summed E-state index contributed by atoms with van der Waals surface area (Å²) >= 11 is 0.760. The first-order chi connectivity index (χ1) is 17.5. The van der Waals surface area contributed by atoms with Crippen LogP contribution in [0.3, 0.4) is 0 Å². The van der Waals surface area contributed by atoms with E-state index in [2.05, 4.69) is 20.3 Å². The number of nitrogens with one attached hydrogen (secondary N) is 3. The molecule has 1 saturated carbocycles. The fourth-order valence-corrected chi connectivity index (χ4v) is 3.75. The third-order valence-electron chi connectivity index (χ3n) is 4.90. The second-order valence-corrected chi connectivity index (χ2v) is 10.0. The molecule has 0 atom stereocenters. The zero-order valence-electron chi connectivity index (χ0n) is 20.9. The van der Waals surface area contributed by atoms with E-state index in [0.717, 1.165) is 37.6 Å². The predicted octanol–water partition coefficient (Wildman–Crippen LogP) is 3.39. The highest BCUT2D eigenvalue weighted by Gasteiger charge is 2.26. The van der Waals surface area contributed by atoms with E-state index in [1.807, 2.05) is 0 Å². The first-order valence-electron chi connectivity index (χ1n) is 11.5. The third-order valence-corrected chi connectivity index (χ3v) is 5.64. The van der Waals surface area contributed by atoms with E-state index in [-0.39, 0.29) is 59.1 Å². The van der Waals surface area contributed by atoms with E-state index in [0.29, 0.717) is 0 Å². The Bertz CT molecular complexity index is 1170. The summed E-state index contributed by atoms with van der Waals surface area (Å²) in [5.41, 5.74) is -0.426. The fourth-order valence-electron chi connectivity index (χ4n) is 3.03. The molecule has 1 aliphatic carbocycles. The molecule has 2 aromatic rings. The van der Waals surface area contributed by atoms with Crippen LogP contribution in [0.1, 0.15) is 66.3 Å². The second kappa shape index (κ2) is 12.0. The van der Waals surface area contributed by atoms with Crippen molar-refractivity contribution in [3.05, 3.63) is 40.7 Å². The van der Waals surface area contributed by atoms with Gasteiger partial charge in [0.25, 0.3) is 5.91 Å². The number of esters is 2. The quantitative estimate of drug-likeness (QED) is 0.392. The van der Waals surface area contributed by atoms with E-state index in [1.54, 1.807) is 20.8 Å². The van der Waals surface area contributed by atoms with Crippen molar-refractivity contribution < 1.29 is 37.8 Å². The van der Waals surface area contributed by atoms with Crippen LogP contribution in [-0.4, -0.2) is 53.5 Å². The lowest BCUT2D eigenvalue weighted by Crippen LogP contribution is -2.32. The molecular weight excluding hydrogens is 507 g/mol. The number of carbonyl (C=O) groups is 4. The van der Waals surface area contributed by atoms with Gasteiger partial charge in [-0.2, -0.15) is 4.37 Å². The Morgan fingerprint density at radius 2 is 1.92 bits per heavy atom. The van der Waals surface area contributed by atoms with E-state index < -0.39 is 29.4 Å². The minimum atomic E-state index is -0.828. The van der Waals surface area contributed by atoms with Crippen molar-refractivity contribution >= 4 is 40.4 Å². The van der Waals surface area contributed by atoms with Crippen molar-refractivity contribution in [1.82, 2.24) is 15.0 Å². The van der Waals surface area contributed by atoms with Crippen LogP contribution in [0.4, 0.5) is 14.2 Å². The van der Waals surface area contributed by atoms with E-state index >= 15 is 0 Å². The van der Waals surface area contributed by atoms with Gasteiger partial charge in [-0.05, 0) is 63.3 Å². The van der Waals surface area contributed by atoms with Gasteiger partial charge in [-0.3, -0.25) is 14.9 Å². The lowest BCUT2D eigenvalue weighted by atomic mass is 10.1. The molecular formula is C24H29FN4O7S. The Kier molecular flexibility index (Phi) is 9.03. The Morgan fingerprint density at radius 3 is 2.57 bits per heavy atom. The highest BCUT2D eigenvalue weighted by molar-refractivity contribution is 7.11. The number of rotatable bonds is 10. The molecule has 13 heteroatoms. The Hall–Kier alpha value is -3.74. The maximum absolute atomic E-state index is 14.4. The first-order valence-corrected chi connectivity index (χ1v) is 12.3. The standard InChI is InChI=1S/C24H29FN4O7S/c1-24(2,3)36-17(30)9-10-26-23(33)28-21-18(22(32)34-4)20(29-37-21)35-12-14-11-13(5-8-16(14)25)19(31)27-15-6-7-15/h5,8,11,15H,6-7,9-10,12H2,1-4H3,(H,27,31)(H2,26,28,33). The molecule has 0 saturated heterocycles. The van der Waals surface area contributed by atoms with Crippen molar-refractivity contribution in [3.8, 4) is 5.88 Å². The summed E-state index contributed by atoms with van der Waals surface area (Å²) in [7, 11) is 1.15. The van der Waals surface area contributed by atoms with Gasteiger partial charge in [0.15, 0.2) is 5.56 Å². The lowest BCUT2D eigenvalue weighted by Gasteiger charge is -2.19. The molecule has 1 aromatic heterocycles. The van der Waals surface area contributed by atoms with Crippen molar-refractivity contribution in [2.24, 2.45) is 0 Å². The molecule has 1 aliphatic rings. The smallest absolute Gasteiger partial charge is 0.346 e. The molecule has 0 spiro atoms. The van der Waals surface area contributed by atoms with Gasteiger partial charge in [0.1, 0.15) is 23.0 Å². The number of aromatic nitrogens is 1. The first kappa shape index (κ1) is 27.8. The molecule has 3 amide bonds. The number of hydrogen-bond acceptors (Lipinski definition) is 9. The Balaban J connectivity index is 1.63. The Morgan fingerprint density at radius 1 is 1.19 bits per heavy atom. The highest BCUT2D eigenvalue weighted by Crippen LogP contribution is 2.32. The number of nitrogens with zero attached hydrogens (tertiary/aromatic N) is 1. The Labute approximate surface area is 217 Å². The summed E-state index contributed by atoms with van der Waals surface area (Å²) in [6.07, 6.45) is 1.79. The lowest BCUT2D eigenvalue weighted by molar-refractivity contribution is -0.154. The van der Waals surface area contributed by atoms with Crippen LogP contribution in [0.15, 0.2) is 18.2 Å². The monoisotopic (exact) mass is 536 g/mol. The molecule has 0 bridgehead atoms. The molecule has 3 rings (SSSR count). The number of halogens is 1. The van der Waals surface area contributed by atoms with Crippen LogP contribution in [0.5, 0.6) is 5.88 Å². The number of carbonyl (C=O) groups excluding carboxylic acids is 4. The number of hydrogen-bond donors (Lipinski definition) is 3. The van der Waals surface area contributed by atoms with E-state index in [1.165, 1.54) is 12.1 Å². The van der Waals surface area contributed by atoms with Gasteiger partial charge in [0, 0.05) is 23.7 Å². The third kappa shape index (κ3) is 8.41. The average molecular weight is 537 g/mol. The minimum absolute atomic E-state index is 0.000403. The van der Waals surface area contributed by atoms with Crippen LogP contribution < -0.4 is 20.7 Å². The maximum Gasteiger partial charge on any atom is 0.346 e. The van der Waals surface area contributed by atoms with Crippen LogP contribution in [0.2, 0.25) is 0 Å². The molecule has 1 heterocycles. The van der Waals surface area contributed by atoms with Gasteiger partial charge in [0.05, 0.1) is 13.5 Å². The van der Waals surface area contributed by atoms with Crippen LogP contribution in [0, 0.1) is 5.82 Å². The topological polar surface area (TPSA) is 145 Å². The molecule has 0 aliphatic heterocycles. The van der Waals surface area contributed by atoms with Crippen LogP contribution in [-0.2, 0) is 20.9 Å². The second-order valence-electron chi connectivity index (χ2n) is 9.24. The molecule has 1 aromatic carbocycles. The summed E-state index contributed by atoms with van der Waals surface area (Å²) in [4.78, 5) is 48.7. The summed E-state index contributed by atoms with van der Waals surface area (Å²) in [5, 5.41) is 7.83. The van der Waals surface area contributed by atoms with Crippen LogP contribution in [0.25, 0.3) is 0 Å². The highest BCUT2D eigenvalue weighted by atomic mass is 32.1. The van der Waals surface area contributed by atoms with Crippen molar-refractivity contribution in [2.75, 3.05) is 19.0 Å². The van der Waals surface area contributed by atoms with E-state index in [4.69, 9.17) is 14.2 Å². The number of benzene rings is 1. The molecule has 1 fully saturated rings. The fraction of sp³-hybridized carbons (Fsp3) is 0.458. The largest absolute Gasteiger partial charge is 0.471 e. The number of ether oxygens (including phenoxy) is 3. The van der Waals surface area contributed by atoms with Crippen molar-refractivity contribution in [3.63, 3.8) is 0 Å².